The highest BCUT2D eigenvalue weighted by Gasteiger charge is 2.27. The van der Waals surface area contributed by atoms with Gasteiger partial charge in [-0.15, -0.1) is 0 Å². The summed E-state index contributed by atoms with van der Waals surface area (Å²) in [5, 5.41) is 6.72. The Balaban J connectivity index is 1.47. The summed E-state index contributed by atoms with van der Waals surface area (Å²) >= 11 is 0. The van der Waals surface area contributed by atoms with E-state index >= 15 is 0 Å². The molecule has 1 aliphatic rings. The molecule has 1 aromatic heterocycles. The van der Waals surface area contributed by atoms with E-state index in [1.807, 2.05) is 31.2 Å². The van der Waals surface area contributed by atoms with Crippen molar-refractivity contribution in [1.29, 1.82) is 0 Å². The monoisotopic (exact) mass is 343 g/mol. The average molecular weight is 343 g/mol. The van der Waals surface area contributed by atoms with Crippen LogP contribution in [0.1, 0.15) is 37.6 Å². The number of aryl methyl sites for hydroxylation is 2. The normalized spacial score (nSPS) is 14.8. The second-order valence-electron chi connectivity index (χ2n) is 6.29. The molecule has 1 aliphatic carbocycles. The Morgan fingerprint density at radius 2 is 2.04 bits per heavy atom. The lowest BCUT2D eigenvalue weighted by atomic mass is 10.1. The van der Waals surface area contributed by atoms with E-state index < -0.39 is 12.1 Å². The van der Waals surface area contributed by atoms with Crippen LogP contribution in [0.25, 0.3) is 11.4 Å². The Bertz CT molecular complexity index is 750. The largest absolute Gasteiger partial charge is 0.453 e. The van der Waals surface area contributed by atoms with Crippen molar-refractivity contribution in [2.45, 2.75) is 51.7 Å². The van der Waals surface area contributed by atoms with Gasteiger partial charge in [-0.1, -0.05) is 35.0 Å². The number of rotatable bonds is 7. The smallest absolute Gasteiger partial charge is 0.307 e. The van der Waals surface area contributed by atoms with E-state index in [2.05, 4.69) is 15.5 Å². The van der Waals surface area contributed by atoms with E-state index in [1.165, 1.54) is 0 Å². The van der Waals surface area contributed by atoms with E-state index in [4.69, 9.17) is 9.26 Å². The fraction of sp³-hybridized carbons (Fsp3) is 0.444. The Labute approximate surface area is 145 Å². The second-order valence-corrected chi connectivity index (χ2v) is 6.29. The van der Waals surface area contributed by atoms with Gasteiger partial charge in [-0.2, -0.15) is 4.98 Å². The number of nitrogens with zero attached hydrogens (tertiary/aromatic N) is 2. The van der Waals surface area contributed by atoms with Gasteiger partial charge < -0.3 is 14.6 Å². The molecule has 3 rings (SSSR count). The summed E-state index contributed by atoms with van der Waals surface area (Å²) in [7, 11) is 0. The molecule has 1 fully saturated rings. The van der Waals surface area contributed by atoms with E-state index in [9.17, 15) is 9.59 Å². The standard InChI is InChI=1S/C18H21N3O4/c1-11-3-5-13(6-4-11)17-20-15(25-21-17)9-10-16(22)24-12(2)18(23)19-14-7-8-14/h3-6,12,14H,7-10H2,1-2H3,(H,19,23). The lowest BCUT2D eigenvalue weighted by molar-refractivity contribution is -0.154. The molecule has 7 heteroatoms. The van der Waals surface area contributed by atoms with Crippen molar-refractivity contribution in [1.82, 2.24) is 15.5 Å². The van der Waals surface area contributed by atoms with Crippen molar-refractivity contribution in [3.05, 3.63) is 35.7 Å². The number of esters is 1. The minimum Gasteiger partial charge on any atom is -0.453 e. The van der Waals surface area contributed by atoms with Gasteiger partial charge in [-0.05, 0) is 26.7 Å². The van der Waals surface area contributed by atoms with Gasteiger partial charge in [-0.25, -0.2) is 0 Å². The highest BCUT2D eigenvalue weighted by atomic mass is 16.5. The molecule has 0 aliphatic heterocycles. The predicted molar refractivity (Wildman–Crippen MR) is 89.5 cm³/mol. The third kappa shape index (κ3) is 4.89. The van der Waals surface area contributed by atoms with Crippen molar-refractivity contribution in [2.75, 3.05) is 0 Å². The van der Waals surface area contributed by atoms with Crippen LogP contribution in [0, 0.1) is 6.92 Å². The third-order valence-electron chi connectivity index (χ3n) is 3.92. The maximum atomic E-state index is 11.9. The van der Waals surface area contributed by atoms with Gasteiger partial charge in [0.15, 0.2) is 6.10 Å². The Morgan fingerprint density at radius 3 is 2.72 bits per heavy atom. The summed E-state index contributed by atoms with van der Waals surface area (Å²) in [6, 6.07) is 8.01. The summed E-state index contributed by atoms with van der Waals surface area (Å²) in [6.07, 6.45) is 1.55. The number of hydrogen-bond donors (Lipinski definition) is 1. The molecule has 1 N–H and O–H groups in total. The van der Waals surface area contributed by atoms with Crippen molar-refractivity contribution in [3.63, 3.8) is 0 Å². The average Bonchev–Trinajstić information content (AvgIpc) is 3.28. The van der Waals surface area contributed by atoms with Gasteiger partial charge in [0, 0.05) is 18.0 Å². The first-order valence-electron chi connectivity index (χ1n) is 8.41. The van der Waals surface area contributed by atoms with Gasteiger partial charge in [0.25, 0.3) is 5.91 Å². The Hall–Kier alpha value is -2.70. The summed E-state index contributed by atoms with van der Waals surface area (Å²) in [6.45, 7) is 3.57. The molecule has 7 nitrogen and oxygen atoms in total. The molecule has 1 saturated carbocycles. The second kappa shape index (κ2) is 7.46. The van der Waals surface area contributed by atoms with Crippen molar-refractivity contribution in [3.8, 4) is 11.4 Å². The molecular formula is C18H21N3O4. The van der Waals surface area contributed by atoms with Gasteiger partial charge in [0.2, 0.25) is 11.7 Å². The first-order chi connectivity index (χ1) is 12.0. The van der Waals surface area contributed by atoms with Crippen molar-refractivity contribution in [2.24, 2.45) is 0 Å². The van der Waals surface area contributed by atoms with Gasteiger partial charge in [0.05, 0.1) is 6.42 Å². The number of benzene rings is 1. The van der Waals surface area contributed by atoms with Gasteiger partial charge >= 0.3 is 5.97 Å². The highest BCUT2D eigenvalue weighted by molar-refractivity contribution is 5.83. The summed E-state index contributed by atoms with van der Waals surface area (Å²) < 4.78 is 10.3. The number of ether oxygens (including phenoxy) is 1. The van der Waals surface area contributed by atoms with E-state index in [1.54, 1.807) is 6.92 Å². The van der Waals surface area contributed by atoms with Crippen LogP contribution in [0.15, 0.2) is 28.8 Å². The fourth-order valence-corrected chi connectivity index (χ4v) is 2.24. The maximum absolute atomic E-state index is 11.9. The number of hydrogen-bond acceptors (Lipinski definition) is 6. The predicted octanol–water partition coefficient (Wildman–Crippen LogP) is 2.19. The maximum Gasteiger partial charge on any atom is 0.307 e. The van der Waals surface area contributed by atoms with Crippen LogP contribution >= 0.6 is 0 Å². The first kappa shape index (κ1) is 17.1. The molecule has 0 spiro atoms. The molecule has 1 unspecified atom stereocenters. The number of aromatic nitrogens is 2. The molecule has 25 heavy (non-hydrogen) atoms. The SMILES string of the molecule is Cc1ccc(-c2noc(CCC(=O)OC(C)C(=O)NC3CC3)n2)cc1. The third-order valence-corrected chi connectivity index (χ3v) is 3.92. The van der Waals surface area contributed by atoms with Crippen LogP contribution in [0.3, 0.4) is 0 Å². The minimum absolute atomic E-state index is 0.0799. The van der Waals surface area contributed by atoms with Crippen molar-refractivity contribution < 1.29 is 18.8 Å². The summed E-state index contributed by atoms with van der Waals surface area (Å²) in [5.74, 6) is 0.131. The molecular weight excluding hydrogens is 322 g/mol. The molecule has 1 atom stereocenters. The number of nitrogens with one attached hydrogen (secondary N) is 1. The van der Waals surface area contributed by atoms with Gasteiger partial charge in [0.1, 0.15) is 0 Å². The van der Waals surface area contributed by atoms with Crippen LogP contribution in [-0.2, 0) is 20.7 Å². The summed E-state index contributed by atoms with van der Waals surface area (Å²) in [4.78, 5) is 27.9. The topological polar surface area (TPSA) is 94.3 Å². The zero-order valence-corrected chi connectivity index (χ0v) is 14.3. The van der Waals surface area contributed by atoms with Crippen LogP contribution in [0.5, 0.6) is 0 Å². The Kier molecular flexibility index (Phi) is 5.11. The minimum atomic E-state index is -0.793. The fourth-order valence-electron chi connectivity index (χ4n) is 2.24. The number of carbonyl (C=O) groups is 2. The highest BCUT2D eigenvalue weighted by Crippen LogP contribution is 2.19. The van der Waals surface area contributed by atoms with E-state index in [0.29, 0.717) is 11.7 Å². The number of amides is 1. The summed E-state index contributed by atoms with van der Waals surface area (Å²) in [5.41, 5.74) is 2.00. The molecule has 2 aromatic rings. The van der Waals surface area contributed by atoms with Crippen LogP contribution < -0.4 is 5.32 Å². The molecule has 1 aromatic carbocycles. The van der Waals surface area contributed by atoms with Crippen LogP contribution in [-0.4, -0.2) is 34.2 Å². The zero-order valence-electron chi connectivity index (χ0n) is 14.3. The molecule has 0 radical (unpaired) electrons. The molecule has 1 heterocycles. The van der Waals surface area contributed by atoms with Gasteiger partial charge in [-0.3, -0.25) is 9.59 Å². The quantitative estimate of drug-likeness (QED) is 0.775. The molecule has 132 valence electrons. The lowest BCUT2D eigenvalue weighted by Gasteiger charge is -2.12. The van der Waals surface area contributed by atoms with Crippen LogP contribution in [0.2, 0.25) is 0 Å². The van der Waals surface area contributed by atoms with Crippen LogP contribution in [0.4, 0.5) is 0 Å². The van der Waals surface area contributed by atoms with Crippen molar-refractivity contribution >= 4 is 11.9 Å². The molecule has 0 bridgehead atoms. The Morgan fingerprint density at radius 1 is 1.32 bits per heavy atom. The first-order valence-corrected chi connectivity index (χ1v) is 8.41. The van der Waals surface area contributed by atoms with E-state index in [-0.39, 0.29) is 24.8 Å². The lowest BCUT2D eigenvalue weighted by Crippen LogP contribution is -2.37. The molecule has 0 saturated heterocycles. The number of carbonyl (C=O) groups excluding carboxylic acids is 2. The molecule has 1 amide bonds. The zero-order chi connectivity index (χ0) is 17.8. The van der Waals surface area contributed by atoms with E-state index in [0.717, 1.165) is 24.0 Å².